The quantitative estimate of drug-likeness (QED) is 0.819. The highest BCUT2D eigenvalue weighted by Crippen LogP contribution is 2.13. The number of pyridine rings is 1. The Bertz CT molecular complexity index is 425. The molecule has 0 bridgehead atoms. The van der Waals surface area contributed by atoms with E-state index in [9.17, 15) is 0 Å². The third kappa shape index (κ3) is 1.95. The van der Waals surface area contributed by atoms with Crippen LogP contribution in [0.5, 0.6) is 0 Å². The molecule has 0 aromatic carbocycles. The number of rotatable bonds is 2. The van der Waals surface area contributed by atoms with Crippen molar-refractivity contribution in [3.8, 4) is 0 Å². The van der Waals surface area contributed by atoms with Gasteiger partial charge in [0, 0.05) is 12.1 Å². The molecule has 0 fully saturated rings. The van der Waals surface area contributed by atoms with Gasteiger partial charge in [-0.25, -0.2) is 4.98 Å². The van der Waals surface area contributed by atoms with Crippen molar-refractivity contribution in [2.45, 2.75) is 13.3 Å². The average Bonchev–Trinajstić information content (AvgIpc) is 2.62. The first kappa shape index (κ1) is 9.26. The first-order chi connectivity index (χ1) is 6.75. The summed E-state index contributed by atoms with van der Waals surface area (Å²) in [7, 11) is 0. The predicted octanol–water partition coefficient (Wildman–Crippen LogP) is 1.26. The molecular formula is C8H8BrN5. The van der Waals surface area contributed by atoms with Gasteiger partial charge in [0.2, 0.25) is 0 Å². The Morgan fingerprint density at radius 1 is 1.43 bits per heavy atom. The van der Waals surface area contributed by atoms with Crippen LogP contribution in [0, 0.1) is 6.92 Å². The number of halogens is 1. The SMILES string of the molecule is Cc1nc(Br)ccc1Cc1nn[nH]n1. The van der Waals surface area contributed by atoms with Crippen molar-refractivity contribution in [3.05, 3.63) is 33.8 Å². The zero-order chi connectivity index (χ0) is 9.97. The van der Waals surface area contributed by atoms with Crippen LogP contribution in [0.3, 0.4) is 0 Å². The minimum atomic E-state index is 0.655. The standard InChI is InChI=1S/C8H8BrN5/c1-5-6(2-3-7(9)10-5)4-8-11-13-14-12-8/h2-3H,4H2,1H3,(H,11,12,13,14). The Labute approximate surface area is 89.1 Å². The summed E-state index contributed by atoms with van der Waals surface area (Å²) in [5, 5.41) is 13.7. The van der Waals surface area contributed by atoms with Crippen molar-refractivity contribution < 1.29 is 0 Å². The van der Waals surface area contributed by atoms with E-state index in [4.69, 9.17) is 0 Å². The van der Waals surface area contributed by atoms with E-state index in [0.29, 0.717) is 12.2 Å². The first-order valence-electron chi connectivity index (χ1n) is 4.10. The Kier molecular flexibility index (Phi) is 2.53. The molecule has 0 atom stereocenters. The predicted molar refractivity (Wildman–Crippen MR) is 53.7 cm³/mol. The lowest BCUT2D eigenvalue weighted by molar-refractivity contribution is 0.881. The number of hydrogen-bond acceptors (Lipinski definition) is 4. The maximum Gasteiger partial charge on any atom is 0.178 e. The topological polar surface area (TPSA) is 67.3 Å². The number of hydrogen-bond donors (Lipinski definition) is 1. The van der Waals surface area contributed by atoms with E-state index >= 15 is 0 Å². The number of aromatic amines is 1. The lowest BCUT2D eigenvalue weighted by Gasteiger charge is -2.01. The van der Waals surface area contributed by atoms with E-state index in [-0.39, 0.29) is 0 Å². The van der Waals surface area contributed by atoms with E-state index in [1.165, 1.54) is 0 Å². The fourth-order valence-corrected chi connectivity index (χ4v) is 1.57. The molecule has 1 N–H and O–H groups in total. The van der Waals surface area contributed by atoms with E-state index in [2.05, 4.69) is 41.5 Å². The van der Waals surface area contributed by atoms with Gasteiger partial charge >= 0.3 is 0 Å². The monoisotopic (exact) mass is 253 g/mol. The normalized spacial score (nSPS) is 10.4. The van der Waals surface area contributed by atoms with E-state index in [0.717, 1.165) is 15.9 Å². The average molecular weight is 254 g/mol. The number of H-pyrrole nitrogens is 1. The number of nitrogens with zero attached hydrogens (tertiary/aromatic N) is 4. The molecule has 0 spiro atoms. The van der Waals surface area contributed by atoms with Crippen LogP contribution in [0.1, 0.15) is 17.1 Å². The summed E-state index contributed by atoms with van der Waals surface area (Å²) in [4.78, 5) is 4.28. The second kappa shape index (κ2) is 3.83. The molecule has 2 aromatic heterocycles. The van der Waals surface area contributed by atoms with E-state index in [1.807, 2.05) is 19.1 Å². The van der Waals surface area contributed by atoms with Gasteiger partial charge in [-0.3, -0.25) is 0 Å². The second-order valence-corrected chi connectivity index (χ2v) is 3.70. The van der Waals surface area contributed by atoms with Crippen LogP contribution in [-0.4, -0.2) is 25.6 Å². The van der Waals surface area contributed by atoms with Crippen LogP contribution in [0.2, 0.25) is 0 Å². The minimum Gasteiger partial charge on any atom is -0.246 e. The van der Waals surface area contributed by atoms with Crippen LogP contribution in [-0.2, 0) is 6.42 Å². The zero-order valence-corrected chi connectivity index (χ0v) is 9.11. The van der Waals surface area contributed by atoms with Crippen LogP contribution < -0.4 is 0 Å². The van der Waals surface area contributed by atoms with Crippen molar-refractivity contribution in [3.63, 3.8) is 0 Å². The van der Waals surface area contributed by atoms with E-state index in [1.54, 1.807) is 0 Å². The Hall–Kier alpha value is -1.30. The summed E-state index contributed by atoms with van der Waals surface area (Å²) in [5.74, 6) is 0.678. The van der Waals surface area contributed by atoms with Gasteiger partial charge < -0.3 is 0 Å². The van der Waals surface area contributed by atoms with Crippen molar-refractivity contribution in [2.24, 2.45) is 0 Å². The maximum atomic E-state index is 4.28. The van der Waals surface area contributed by atoms with Crippen molar-refractivity contribution in [2.75, 3.05) is 0 Å². The summed E-state index contributed by atoms with van der Waals surface area (Å²) in [5.41, 5.74) is 2.08. The lowest BCUT2D eigenvalue weighted by atomic mass is 10.1. The molecule has 2 aromatic rings. The molecule has 6 heteroatoms. The van der Waals surface area contributed by atoms with Crippen molar-refractivity contribution in [1.82, 2.24) is 25.6 Å². The molecule has 2 rings (SSSR count). The van der Waals surface area contributed by atoms with Crippen LogP contribution in [0.4, 0.5) is 0 Å². The Balaban J connectivity index is 2.25. The Morgan fingerprint density at radius 2 is 2.29 bits per heavy atom. The third-order valence-corrected chi connectivity index (χ3v) is 2.34. The van der Waals surface area contributed by atoms with Gasteiger partial charge in [-0.1, -0.05) is 11.3 Å². The number of tetrazole rings is 1. The van der Waals surface area contributed by atoms with Gasteiger partial charge in [0.15, 0.2) is 5.82 Å². The molecule has 0 saturated heterocycles. The summed E-state index contributed by atoms with van der Waals surface area (Å²) in [6, 6.07) is 3.91. The maximum absolute atomic E-state index is 4.28. The molecule has 0 saturated carbocycles. The minimum absolute atomic E-state index is 0.655. The summed E-state index contributed by atoms with van der Waals surface area (Å²) < 4.78 is 0.840. The largest absolute Gasteiger partial charge is 0.246 e. The molecule has 0 amide bonds. The van der Waals surface area contributed by atoms with Gasteiger partial charge in [0.25, 0.3) is 0 Å². The van der Waals surface area contributed by atoms with Gasteiger partial charge in [0.05, 0.1) is 0 Å². The third-order valence-electron chi connectivity index (χ3n) is 1.90. The van der Waals surface area contributed by atoms with Gasteiger partial charge in [0.1, 0.15) is 4.60 Å². The molecule has 0 unspecified atom stereocenters. The molecule has 0 aliphatic rings. The molecule has 72 valence electrons. The molecule has 5 nitrogen and oxygen atoms in total. The van der Waals surface area contributed by atoms with Gasteiger partial charge in [-0.05, 0) is 34.5 Å². The number of aryl methyl sites for hydroxylation is 1. The molecule has 0 aliphatic carbocycles. The molecule has 2 heterocycles. The number of aromatic nitrogens is 5. The smallest absolute Gasteiger partial charge is 0.178 e. The van der Waals surface area contributed by atoms with Gasteiger partial charge in [-0.2, -0.15) is 5.21 Å². The van der Waals surface area contributed by atoms with Crippen LogP contribution in [0.15, 0.2) is 16.7 Å². The highest BCUT2D eigenvalue weighted by atomic mass is 79.9. The Morgan fingerprint density at radius 3 is 2.93 bits per heavy atom. The molecule has 0 radical (unpaired) electrons. The highest BCUT2D eigenvalue weighted by molar-refractivity contribution is 9.10. The lowest BCUT2D eigenvalue weighted by Crippen LogP contribution is -1.96. The second-order valence-electron chi connectivity index (χ2n) is 2.88. The number of nitrogens with one attached hydrogen (secondary N) is 1. The summed E-state index contributed by atoms with van der Waals surface area (Å²) in [6.07, 6.45) is 0.655. The van der Waals surface area contributed by atoms with Crippen LogP contribution >= 0.6 is 15.9 Å². The fraction of sp³-hybridized carbons (Fsp3) is 0.250. The fourth-order valence-electron chi connectivity index (χ4n) is 1.17. The summed E-state index contributed by atoms with van der Waals surface area (Å²) >= 11 is 3.31. The highest BCUT2D eigenvalue weighted by Gasteiger charge is 2.04. The first-order valence-corrected chi connectivity index (χ1v) is 4.89. The molecule has 14 heavy (non-hydrogen) atoms. The van der Waals surface area contributed by atoms with Crippen molar-refractivity contribution >= 4 is 15.9 Å². The van der Waals surface area contributed by atoms with E-state index < -0.39 is 0 Å². The summed E-state index contributed by atoms with van der Waals surface area (Å²) in [6.45, 7) is 1.96. The molecular weight excluding hydrogens is 246 g/mol. The zero-order valence-electron chi connectivity index (χ0n) is 7.53. The van der Waals surface area contributed by atoms with Gasteiger partial charge in [-0.15, -0.1) is 10.2 Å². The van der Waals surface area contributed by atoms with Crippen molar-refractivity contribution in [1.29, 1.82) is 0 Å². The molecule has 0 aliphatic heterocycles. The van der Waals surface area contributed by atoms with Crippen LogP contribution in [0.25, 0.3) is 0 Å².